The Labute approximate surface area is 302 Å². The fraction of sp³-hybridized carbons (Fsp3) is 0. The molecule has 0 bridgehead atoms. The van der Waals surface area contributed by atoms with Crippen molar-refractivity contribution in [1.29, 1.82) is 0 Å². The normalized spacial score (nSPS) is 11.5. The second-order valence-corrected chi connectivity index (χ2v) is 13.3. The number of nitrogens with zero attached hydrogens (tertiary/aromatic N) is 1. The molecule has 0 N–H and O–H groups in total. The van der Waals surface area contributed by atoms with Crippen LogP contribution < -0.4 is 4.90 Å². The number of anilines is 3. The Balaban J connectivity index is 1.06. The van der Waals surface area contributed by atoms with E-state index in [2.05, 4.69) is 193 Å². The lowest BCUT2D eigenvalue weighted by atomic mass is 9.97. The average Bonchev–Trinajstić information content (AvgIpc) is 3.58. The van der Waals surface area contributed by atoms with E-state index in [9.17, 15) is 0 Å². The summed E-state index contributed by atoms with van der Waals surface area (Å²) < 4.78 is 6.22. The SMILES string of the molecule is c1ccc(-c2ccccc2N(c2ccc(-c3ccc4cc5c(cc4c3)oc3ccccc35)cc2)c2ccc(-c3cccc4ccccc34)cc2)cc1. The third-order valence-electron chi connectivity index (χ3n) is 10.3. The van der Waals surface area contributed by atoms with E-state index in [4.69, 9.17) is 4.42 Å². The second kappa shape index (κ2) is 12.5. The molecule has 0 unspecified atom stereocenters. The molecule has 0 spiro atoms. The van der Waals surface area contributed by atoms with Gasteiger partial charge in [-0.15, -0.1) is 0 Å². The van der Waals surface area contributed by atoms with Crippen LogP contribution in [0.5, 0.6) is 0 Å². The zero-order valence-corrected chi connectivity index (χ0v) is 28.4. The van der Waals surface area contributed by atoms with E-state index in [-0.39, 0.29) is 0 Å². The van der Waals surface area contributed by atoms with E-state index in [1.165, 1.54) is 44.0 Å². The Hall–Kier alpha value is -6.90. The largest absolute Gasteiger partial charge is 0.456 e. The van der Waals surface area contributed by atoms with Gasteiger partial charge in [0.25, 0.3) is 0 Å². The molecular formula is C50H33NO. The summed E-state index contributed by atoms with van der Waals surface area (Å²) in [6, 6.07) is 71.8. The topological polar surface area (TPSA) is 16.4 Å². The van der Waals surface area contributed by atoms with Gasteiger partial charge in [0.05, 0.1) is 5.69 Å². The van der Waals surface area contributed by atoms with Crippen molar-refractivity contribution in [1.82, 2.24) is 0 Å². The van der Waals surface area contributed by atoms with Gasteiger partial charge in [0.2, 0.25) is 0 Å². The van der Waals surface area contributed by atoms with E-state index in [0.29, 0.717) is 0 Å². The van der Waals surface area contributed by atoms with E-state index in [1.54, 1.807) is 0 Å². The monoisotopic (exact) mass is 663 g/mol. The number of benzene rings is 9. The Kier molecular flexibility index (Phi) is 7.18. The molecule has 52 heavy (non-hydrogen) atoms. The third-order valence-corrected chi connectivity index (χ3v) is 10.3. The van der Waals surface area contributed by atoms with Crippen molar-refractivity contribution in [2.75, 3.05) is 4.90 Å². The molecule has 0 saturated carbocycles. The van der Waals surface area contributed by atoms with Gasteiger partial charge >= 0.3 is 0 Å². The molecule has 2 heteroatoms. The van der Waals surface area contributed by atoms with Crippen molar-refractivity contribution in [3.05, 3.63) is 200 Å². The molecule has 0 aliphatic carbocycles. The number of hydrogen-bond donors (Lipinski definition) is 0. The summed E-state index contributed by atoms with van der Waals surface area (Å²) in [5.41, 5.74) is 12.3. The number of furan rings is 1. The first kappa shape index (κ1) is 30.0. The fourth-order valence-electron chi connectivity index (χ4n) is 7.68. The highest BCUT2D eigenvalue weighted by molar-refractivity contribution is 6.10. The summed E-state index contributed by atoms with van der Waals surface area (Å²) in [5, 5.41) is 7.18. The van der Waals surface area contributed by atoms with Crippen molar-refractivity contribution in [2.45, 2.75) is 0 Å². The van der Waals surface area contributed by atoms with Crippen molar-refractivity contribution in [3.8, 4) is 33.4 Å². The molecule has 0 radical (unpaired) electrons. The minimum atomic E-state index is 0.917. The summed E-state index contributed by atoms with van der Waals surface area (Å²) >= 11 is 0. The van der Waals surface area contributed by atoms with E-state index in [0.717, 1.165) is 50.0 Å². The Bertz CT molecular complexity index is 2880. The summed E-state index contributed by atoms with van der Waals surface area (Å²) in [7, 11) is 0. The molecule has 10 aromatic rings. The molecule has 0 saturated heterocycles. The van der Waals surface area contributed by atoms with Gasteiger partial charge in [-0.3, -0.25) is 0 Å². The summed E-state index contributed by atoms with van der Waals surface area (Å²) in [4.78, 5) is 2.37. The predicted molar refractivity (Wildman–Crippen MR) is 220 cm³/mol. The maximum absolute atomic E-state index is 6.22. The fourth-order valence-corrected chi connectivity index (χ4v) is 7.68. The van der Waals surface area contributed by atoms with Crippen LogP contribution in [-0.2, 0) is 0 Å². The van der Waals surface area contributed by atoms with Gasteiger partial charge < -0.3 is 9.32 Å². The van der Waals surface area contributed by atoms with Gasteiger partial charge in [0.1, 0.15) is 11.2 Å². The highest BCUT2D eigenvalue weighted by Crippen LogP contribution is 2.42. The van der Waals surface area contributed by atoms with Gasteiger partial charge in [0, 0.05) is 27.7 Å². The Morgan fingerprint density at radius 1 is 0.308 bits per heavy atom. The predicted octanol–water partition coefficient (Wildman–Crippen LogP) is 14.4. The summed E-state index contributed by atoms with van der Waals surface area (Å²) in [5.74, 6) is 0. The van der Waals surface area contributed by atoms with E-state index in [1.807, 2.05) is 12.1 Å². The highest BCUT2D eigenvalue weighted by Gasteiger charge is 2.18. The van der Waals surface area contributed by atoms with Crippen molar-refractivity contribution in [3.63, 3.8) is 0 Å². The molecule has 244 valence electrons. The first-order chi connectivity index (χ1) is 25.8. The summed E-state index contributed by atoms with van der Waals surface area (Å²) in [6.45, 7) is 0. The molecule has 0 fully saturated rings. The molecule has 0 atom stereocenters. The van der Waals surface area contributed by atoms with Crippen LogP contribution in [0.2, 0.25) is 0 Å². The van der Waals surface area contributed by atoms with Crippen molar-refractivity contribution >= 4 is 60.5 Å². The van der Waals surface area contributed by atoms with Gasteiger partial charge in [-0.2, -0.15) is 0 Å². The van der Waals surface area contributed by atoms with Crippen LogP contribution in [0.15, 0.2) is 205 Å². The van der Waals surface area contributed by atoms with Gasteiger partial charge in [0.15, 0.2) is 0 Å². The van der Waals surface area contributed by atoms with E-state index < -0.39 is 0 Å². The van der Waals surface area contributed by atoms with Crippen molar-refractivity contribution in [2.24, 2.45) is 0 Å². The molecule has 2 nitrogen and oxygen atoms in total. The maximum Gasteiger partial charge on any atom is 0.136 e. The number of rotatable bonds is 6. The van der Waals surface area contributed by atoms with Crippen LogP contribution in [0.3, 0.4) is 0 Å². The van der Waals surface area contributed by atoms with Crippen LogP contribution in [-0.4, -0.2) is 0 Å². The molecular weight excluding hydrogens is 631 g/mol. The molecule has 0 aliphatic heterocycles. The minimum absolute atomic E-state index is 0.917. The Morgan fingerprint density at radius 2 is 0.923 bits per heavy atom. The number of para-hydroxylation sites is 2. The molecule has 0 amide bonds. The van der Waals surface area contributed by atoms with Gasteiger partial charge in [-0.05, 0) is 104 Å². The van der Waals surface area contributed by atoms with Crippen LogP contribution >= 0.6 is 0 Å². The second-order valence-electron chi connectivity index (χ2n) is 13.3. The molecule has 9 aromatic carbocycles. The lowest BCUT2D eigenvalue weighted by Gasteiger charge is -2.28. The molecule has 1 aromatic heterocycles. The smallest absolute Gasteiger partial charge is 0.136 e. The van der Waals surface area contributed by atoms with Crippen LogP contribution in [0.25, 0.3) is 76.9 Å². The zero-order chi connectivity index (χ0) is 34.4. The molecule has 1 heterocycles. The number of hydrogen-bond acceptors (Lipinski definition) is 2. The molecule has 0 aliphatic rings. The number of fused-ring (bicyclic) bond motifs is 5. The maximum atomic E-state index is 6.22. The lowest BCUT2D eigenvalue weighted by Crippen LogP contribution is -2.11. The minimum Gasteiger partial charge on any atom is -0.456 e. The average molecular weight is 664 g/mol. The van der Waals surface area contributed by atoms with E-state index >= 15 is 0 Å². The van der Waals surface area contributed by atoms with Gasteiger partial charge in [-0.1, -0.05) is 146 Å². The quantitative estimate of drug-likeness (QED) is 0.176. The highest BCUT2D eigenvalue weighted by atomic mass is 16.3. The first-order valence-corrected chi connectivity index (χ1v) is 17.8. The van der Waals surface area contributed by atoms with Crippen LogP contribution in [0.4, 0.5) is 17.1 Å². The third kappa shape index (κ3) is 5.21. The summed E-state index contributed by atoms with van der Waals surface area (Å²) in [6.07, 6.45) is 0. The van der Waals surface area contributed by atoms with Gasteiger partial charge in [-0.25, -0.2) is 0 Å². The lowest BCUT2D eigenvalue weighted by molar-refractivity contribution is 0.669. The standard InChI is InChI=1S/C50H33NO/c1-2-11-36(12-3-1)45-16-6-8-19-48(45)51(42-29-25-37(26-30-42)44-18-10-14-35-13-4-5-15-43(35)44)41-27-23-34(24-28-41)38-21-22-39-32-47-46-17-7-9-20-49(46)52-50(47)33-40(39)31-38/h1-33H. The van der Waals surface area contributed by atoms with Crippen molar-refractivity contribution < 1.29 is 4.42 Å². The first-order valence-electron chi connectivity index (χ1n) is 17.8. The van der Waals surface area contributed by atoms with Crippen LogP contribution in [0, 0.1) is 0 Å². The van der Waals surface area contributed by atoms with Crippen LogP contribution in [0.1, 0.15) is 0 Å². The Morgan fingerprint density at radius 3 is 1.75 bits per heavy atom. The zero-order valence-electron chi connectivity index (χ0n) is 28.4. The molecule has 10 rings (SSSR count).